The summed E-state index contributed by atoms with van der Waals surface area (Å²) in [6, 6.07) is 3.61. The van der Waals surface area contributed by atoms with Gasteiger partial charge in [0.25, 0.3) is 5.69 Å². The second-order valence-corrected chi connectivity index (χ2v) is 7.69. The molecule has 1 aromatic rings. The third-order valence-corrected chi connectivity index (χ3v) is 4.95. The smallest absolute Gasteiger partial charge is 0.316 e. The predicted molar refractivity (Wildman–Crippen MR) is 82.8 cm³/mol. The molecule has 1 atom stereocenters. The standard InChI is InChI=1S/C13H17NO6S2/c1-4-9(2)20-13(15)8-21-12-6-5-10(22(3,18)19)7-11(12)14(16)17/h5-7,9H,4,8H2,1-3H3. The lowest BCUT2D eigenvalue weighted by Crippen LogP contribution is -2.15. The van der Waals surface area contributed by atoms with E-state index >= 15 is 0 Å². The van der Waals surface area contributed by atoms with E-state index in [1.807, 2.05) is 6.92 Å². The van der Waals surface area contributed by atoms with Crippen LogP contribution in [0.15, 0.2) is 28.0 Å². The van der Waals surface area contributed by atoms with Gasteiger partial charge in [-0.25, -0.2) is 8.42 Å². The third-order valence-electron chi connectivity index (χ3n) is 2.81. The molecule has 0 N–H and O–H groups in total. The lowest BCUT2D eigenvalue weighted by Gasteiger charge is -2.10. The van der Waals surface area contributed by atoms with Gasteiger partial charge in [-0.3, -0.25) is 14.9 Å². The molecule has 0 radical (unpaired) electrons. The Kier molecular flexibility index (Phi) is 6.36. The zero-order valence-corrected chi connectivity index (χ0v) is 14.1. The number of nitro groups is 1. The van der Waals surface area contributed by atoms with Crippen LogP contribution in [0.25, 0.3) is 0 Å². The highest BCUT2D eigenvalue weighted by Gasteiger charge is 2.20. The van der Waals surface area contributed by atoms with Crippen molar-refractivity contribution in [3.05, 3.63) is 28.3 Å². The second kappa shape index (κ2) is 7.59. The number of benzene rings is 1. The zero-order valence-electron chi connectivity index (χ0n) is 12.4. The number of carbonyl (C=O) groups excluding carboxylic acids is 1. The Morgan fingerprint density at radius 1 is 1.45 bits per heavy atom. The molecule has 7 nitrogen and oxygen atoms in total. The fourth-order valence-electron chi connectivity index (χ4n) is 1.47. The number of thioether (sulfide) groups is 1. The fraction of sp³-hybridized carbons (Fsp3) is 0.462. The van der Waals surface area contributed by atoms with Gasteiger partial charge in [-0.05, 0) is 25.5 Å². The highest BCUT2D eigenvalue weighted by atomic mass is 32.2. The van der Waals surface area contributed by atoms with Crippen LogP contribution in [0, 0.1) is 10.1 Å². The second-order valence-electron chi connectivity index (χ2n) is 4.66. The number of esters is 1. The van der Waals surface area contributed by atoms with E-state index in [0.29, 0.717) is 6.42 Å². The van der Waals surface area contributed by atoms with Crippen LogP contribution in [0.2, 0.25) is 0 Å². The molecule has 0 aliphatic rings. The van der Waals surface area contributed by atoms with Gasteiger partial charge < -0.3 is 4.74 Å². The molecule has 122 valence electrons. The maximum absolute atomic E-state index is 11.6. The van der Waals surface area contributed by atoms with Crippen molar-refractivity contribution in [3.63, 3.8) is 0 Å². The van der Waals surface area contributed by atoms with E-state index in [1.165, 1.54) is 12.1 Å². The molecule has 9 heteroatoms. The van der Waals surface area contributed by atoms with Crippen LogP contribution in [0.1, 0.15) is 20.3 Å². The summed E-state index contributed by atoms with van der Waals surface area (Å²) in [5, 5.41) is 11.1. The van der Waals surface area contributed by atoms with Gasteiger partial charge in [0.15, 0.2) is 9.84 Å². The Balaban J connectivity index is 2.91. The Bertz CT molecular complexity index is 671. The molecule has 22 heavy (non-hydrogen) atoms. The Morgan fingerprint density at radius 3 is 2.59 bits per heavy atom. The molecule has 0 aliphatic heterocycles. The Morgan fingerprint density at radius 2 is 2.09 bits per heavy atom. The molecular formula is C13H17NO6S2. The summed E-state index contributed by atoms with van der Waals surface area (Å²) in [4.78, 5) is 22.1. The molecule has 0 heterocycles. The van der Waals surface area contributed by atoms with Gasteiger partial charge in [-0.15, -0.1) is 11.8 Å². The third kappa shape index (κ3) is 5.30. The molecule has 1 unspecified atom stereocenters. The van der Waals surface area contributed by atoms with E-state index in [-0.39, 0.29) is 27.3 Å². The van der Waals surface area contributed by atoms with Gasteiger partial charge >= 0.3 is 5.97 Å². The molecular weight excluding hydrogens is 330 g/mol. The number of nitro benzene ring substituents is 1. The van der Waals surface area contributed by atoms with Crippen molar-refractivity contribution in [1.82, 2.24) is 0 Å². The normalized spacial score (nSPS) is 12.7. The van der Waals surface area contributed by atoms with Gasteiger partial charge in [0.05, 0.1) is 26.6 Å². The highest BCUT2D eigenvalue weighted by Crippen LogP contribution is 2.31. The highest BCUT2D eigenvalue weighted by molar-refractivity contribution is 8.00. The maximum Gasteiger partial charge on any atom is 0.316 e. The van der Waals surface area contributed by atoms with Gasteiger partial charge in [0.2, 0.25) is 0 Å². The van der Waals surface area contributed by atoms with E-state index in [9.17, 15) is 23.3 Å². The monoisotopic (exact) mass is 347 g/mol. The average molecular weight is 347 g/mol. The summed E-state index contributed by atoms with van der Waals surface area (Å²) in [5.74, 6) is -0.551. The van der Waals surface area contributed by atoms with Crippen molar-refractivity contribution in [3.8, 4) is 0 Å². The molecule has 0 amide bonds. The molecule has 0 fully saturated rings. The van der Waals surface area contributed by atoms with Crippen LogP contribution in [0.5, 0.6) is 0 Å². The van der Waals surface area contributed by atoms with E-state index in [2.05, 4.69) is 0 Å². The first kappa shape index (κ1) is 18.4. The minimum absolute atomic E-state index is 0.0800. The molecule has 0 saturated carbocycles. The van der Waals surface area contributed by atoms with E-state index in [0.717, 1.165) is 24.1 Å². The Labute approximate surface area is 133 Å². The summed E-state index contributed by atoms with van der Waals surface area (Å²) >= 11 is 0.944. The number of nitrogens with zero attached hydrogens (tertiary/aromatic N) is 1. The molecule has 0 spiro atoms. The number of hydrogen-bond donors (Lipinski definition) is 0. The van der Waals surface area contributed by atoms with E-state index in [1.54, 1.807) is 6.92 Å². The van der Waals surface area contributed by atoms with Crippen molar-refractivity contribution < 1.29 is 22.9 Å². The topological polar surface area (TPSA) is 104 Å². The number of ether oxygens (including phenoxy) is 1. The fourth-order valence-corrected chi connectivity index (χ4v) is 2.90. The SMILES string of the molecule is CCC(C)OC(=O)CSc1ccc(S(C)(=O)=O)cc1[N+](=O)[O-]. The first-order valence-electron chi connectivity index (χ1n) is 6.46. The van der Waals surface area contributed by atoms with Crippen LogP contribution in [-0.2, 0) is 19.4 Å². The maximum atomic E-state index is 11.6. The van der Waals surface area contributed by atoms with Crippen LogP contribution in [0.3, 0.4) is 0 Å². The largest absolute Gasteiger partial charge is 0.462 e. The first-order chi connectivity index (χ1) is 10.1. The predicted octanol–water partition coefficient (Wildman–Crippen LogP) is 2.43. The molecule has 0 aliphatic carbocycles. The van der Waals surface area contributed by atoms with Gasteiger partial charge in [0.1, 0.15) is 0 Å². The summed E-state index contributed by atoms with van der Waals surface area (Å²) < 4.78 is 27.9. The van der Waals surface area contributed by atoms with Crippen LogP contribution in [0.4, 0.5) is 5.69 Å². The van der Waals surface area contributed by atoms with Crippen molar-refractivity contribution in [1.29, 1.82) is 0 Å². The average Bonchev–Trinajstić information content (AvgIpc) is 2.43. The van der Waals surface area contributed by atoms with Gasteiger partial charge in [-0.2, -0.15) is 0 Å². The van der Waals surface area contributed by atoms with E-state index < -0.39 is 20.7 Å². The molecule has 0 saturated heterocycles. The lowest BCUT2D eigenvalue weighted by atomic mass is 10.3. The van der Waals surface area contributed by atoms with Crippen molar-refractivity contribution in [2.24, 2.45) is 0 Å². The van der Waals surface area contributed by atoms with Crippen molar-refractivity contribution >= 4 is 33.3 Å². The lowest BCUT2D eigenvalue weighted by molar-refractivity contribution is -0.388. The minimum Gasteiger partial charge on any atom is -0.462 e. The quantitative estimate of drug-likeness (QED) is 0.323. The first-order valence-corrected chi connectivity index (χ1v) is 9.33. The number of rotatable bonds is 7. The summed E-state index contributed by atoms with van der Waals surface area (Å²) in [7, 11) is -3.53. The number of hydrogen-bond acceptors (Lipinski definition) is 7. The molecule has 1 rings (SSSR count). The van der Waals surface area contributed by atoms with Crippen LogP contribution in [-0.4, -0.2) is 37.4 Å². The van der Waals surface area contributed by atoms with Crippen molar-refractivity contribution in [2.75, 3.05) is 12.0 Å². The summed E-state index contributed by atoms with van der Waals surface area (Å²) in [6.45, 7) is 3.63. The van der Waals surface area contributed by atoms with Gasteiger partial charge in [0, 0.05) is 12.3 Å². The molecule has 0 bridgehead atoms. The minimum atomic E-state index is -3.53. The van der Waals surface area contributed by atoms with Crippen molar-refractivity contribution in [2.45, 2.75) is 36.2 Å². The summed E-state index contributed by atoms with van der Waals surface area (Å²) in [5.41, 5.74) is -0.343. The zero-order chi connectivity index (χ0) is 16.9. The van der Waals surface area contributed by atoms with E-state index in [4.69, 9.17) is 4.74 Å². The van der Waals surface area contributed by atoms with Crippen LogP contribution < -0.4 is 0 Å². The van der Waals surface area contributed by atoms with Gasteiger partial charge in [-0.1, -0.05) is 6.92 Å². The Hall–Kier alpha value is -1.61. The molecule has 1 aromatic carbocycles. The summed E-state index contributed by atoms with van der Waals surface area (Å²) in [6.07, 6.45) is 1.44. The van der Waals surface area contributed by atoms with Crippen LogP contribution >= 0.6 is 11.8 Å². The molecule has 0 aromatic heterocycles. The number of sulfone groups is 1. The number of carbonyl (C=O) groups is 1.